The van der Waals surface area contributed by atoms with E-state index in [1.807, 2.05) is 0 Å². The molecule has 0 bridgehead atoms. The number of halogens is 1. The van der Waals surface area contributed by atoms with Gasteiger partial charge < -0.3 is 0 Å². The Balaban J connectivity index is 3.36. The molecule has 0 heterocycles. The molecule has 0 radical (unpaired) electrons. The summed E-state index contributed by atoms with van der Waals surface area (Å²) in [6.45, 7) is 1.65. The first-order valence-corrected chi connectivity index (χ1v) is 4.44. The topological polar surface area (TPSA) is 60.2 Å². The van der Waals surface area contributed by atoms with Gasteiger partial charge in [-0.3, -0.25) is 14.9 Å². The van der Waals surface area contributed by atoms with Crippen molar-refractivity contribution in [2.45, 2.75) is 6.92 Å². The molecule has 74 valence electrons. The summed E-state index contributed by atoms with van der Waals surface area (Å²) in [6, 6.07) is 4.48. The van der Waals surface area contributed by atoms with Crippen molar-refractivity contribution < 1.29 is 9.72 Å². The summed E-state index contributed by atoms with van der Waals surface area (Å²) in [5.41, 5.74) is 0.494. The van der Waals surface area contributed by atoms with Crippen LogP contribution in [0.15, 0.2) is 18.2 Å². The lowest BCUT2D eigenvalue weighted by Gasteiger charge is -2.02. The predicted molar refractivity (Wildman–Crippen MR) is 52.9 cm³/mol. The van der Waals surface area contributed by atoms with Crippen LogP contribution in [0.25, 0.3) is 0 Å². The molecule has 1 aromatic rings. The highest BCUT2D eigenvalue weighted by Gasteiger charge is 2.20. The average molecular weight is 214 g/mol. The number of carbonyl (C=O) groups is 1. The molecule has 0 aliphatic heterocycles. The number of hydrogen-bond acceptors (Lipinski definition) is 3. The van der Waals surface area contributed by atoms with E-state index in [0.717, 1.165) is 0 Å². The first-order valence-electron chi connectivity index (χ1n) is 3.91. The highest BCUT2D eigenvalue weighted by Crippen LogP contribution is 2.22. The van der Waals surface area contributed by atoms with Crippen LogP contribution in [0, 0.1) is 17.0 Å². The van der Waals surface area contributed by atoms with E-state index >= 15 is 0 Å². The molecule has 0 saturated carbocycles. The first kappa shape index (κ1) is 10.7. The highest BCUT2D eigenvalue weighted by molar-refractivity contribution is 6.31. The molecule has 0 amide bonds. The zero-order valence-electron chi connectivity index (χ0n) is 7.49. The van der Waals surface area contributed by atoms with Gasteiger partial charge in [0.15, 0.2) is 5.78 Å². The SMILES string of the molecule is Cc1cccc([N+](=O)[O-])c1C(=O)CCl. The quantitative estimate of drug-likeness (QED) is 0.335. The largest absolute Gasteiger partial charge is 0.293 e. The van der Waals surface area contributed by atoms with E-state index in [1.54, 1.807) is 19.1 Å². The summed E-state index contributed by atoms with van der Waals surface area (Å²) in [6.07, 6.45) is 0. The summed E-state index contributed by atoms with van der Waals surface area (Å²) in [7, 11) is 0. The Hall–Kier alpha value is -1.42. The lowest BCUT2D eigenvalue weighted by atomic mass is 10.0. The second-order valence-corrected chi connectivity index (χ2v) is 3.05. The van der Waals surface area contributed by atoms with Crippen LogP contribution in [0.2, 0.25) is 0 Å². The van der Waals surface area contributed by atoms with Gasteiger partial charge in [-0.1, -0.05) is 12.1 Å². The number of carbonyl (C=O) groups excluding carboxylic acids is 1. The van der Waals surface area contributed by atoms with Gasteiger partial charge in [0.05, 0.1) is 16.4 Å². The maximum absolute atomic E-state index is 11.3. The van der Waals surface area contributed by atoms with Gasteiger partial charge in [0.1, 0.15) is 0 Å². The number of Topliss-reactive ketones (excluding diaryl/α,β-unsaturated/α-hetero) is 1. The van der Waals surface area contributed by atoms with E-state index in [9.17, 15) is 14.9 Å². The van der Waals surface area contributed by atoms with E-state index < -0.39 is 10.7 Å². The monoisotopic (exact) mass is 213 g/mol. The Labute approximate surface area is 85.6 Å². The third kappa shape index (κ3) is 1.90. The molecular formula is C9H8ClNO3. The molecule has 0 spiro atoms. The zero-order valence-corrected chi connectivity index (χ0v) is 8.25. The van der Waals surface area contributed by atoms with E-state index in [4.69, 9.17) is 11.6 Å². The fourth-order valence-corrected chi connectivity index (χ4v) is 1.37. The van der Waals surface area contributed by atoms with Gasteiger partial charge >= 0.3 is 0 Å². The number of rotatable bonds is 3. The van der Waals surface area contributed by atoms with Gasteiger partial charge in [-0.2, -0.15) is 0 Å². The third-order valence-corrected chi connectivity index (χ3v) is 2.09. The zero-order chi connectivity index (χ0) is 10.7. The molecule has 0 unspecified atom stereocenters. The molecular weight excluding hydrogens is 206 g/mol. The first-order chi connectivity index (χ1) is 6.57. The Kier molecular flexibility index (Phi) is 3.19. The van der Waals surface area contributed by atoms with Crippen molar-refractivity contribution in [3.63, 3.8) is 0 Å². The maximum Gasteiger partial charge on any atom is 0.280 e. The Morgan fingerprint density at radius 1 is 1.57 bits per heavy atom. The van der Waals surface area contributed by atoms with E-state index in [2.05, 4.69) is 0 Å². The molecule has 0 atom stereocenters. The van der Waals surface area contributed by atoms with Crippen LogP contribution in [0.4, 0.5) is 5.69 Å². The predicted octanol–water partition coefficient (Wildman–Crippen LogP) is 2.32. The van der Waals surface area contributed by atoms with Crippen molar-refractivity contribution in [3.05, 3.63) is 39.4 Å². The summed E-state index contributed by atoms with van der Waals surface area (Å²) in [5, 5.41) is 10.6. The summed E-state index contributed by atoms with van der Waals surface area (Å²) in [4.78, 5) is 21.4. The number of hydrogen-bond donors (Lipinski definition) is 0. The van der Waals surface area contributed by atoms with Crippen LogP contribution < -0.4 is 0 Å². The summed E-state index contributed by atoms with van der Waals surface area (Å²) >= 11 is 5.36. The molecule has 1 aromatic carbocycles. The second-order valence-electron chi connectivity index (χ2n) is 2.78. The molecule has 0 fully saturated rings. The van der Waals surface area contributed by atoms with Gasteiger partial charge in [-0.05, 0) is 12.5 Å². The molecule has 14 heavy (non-hydrogen) atoms. The van der Waals surface area contributed by atoms with Gasteiger partial charge in [0.2, 0.25) is 0 Å². The van der Waals surface area contributed by atoms with Crippen LogP contribution in [-0.4, -0.2) is 16.6 Å². The molecule has 5 heteroatoms. The van der Waals surface area contributed by atoms with Gasteiger partial charge in [-0.25, -0.2) is 0 Å². The normalized spacial score (nSPS) is 9.86. The van der Waals surface area contributed by atoms with Crippen LogP contribution in [-0.2, 0) is 0 Å². The summed E-state index contributed by atoms with van der Waals surface area (Å²) < 4.78 is 0. The Bertz CT molecular complexity index is 390. The van der Waals surface area contributed by atoms with Crippen molar-refractivity contribution in [2.24, 2.45) is 0 Å². The molecule has 0 aliphatic rings. The fraction of sp³-hybridized carbons (Fsp3) is 0.222. The number of nitro benzene ring substituents is 1. The molecule has 0 N–H and O–H groups in total. The Morgan fingerprint density at radius 2 is 2.21 bits per heavy atom. The molecule has 0 saturated heterocycles. The van der Waals surface area contributed by atoms with Crippen molar-refractivity contribution in [1.82, 2.24) is 0 Å². The lowest BCUT2D eigenvalue weighted by molar-refractivity contribution is -0.385. The number of ketones is 1. The van der Waals surface area contributed by atoms with E-state index in [1.165, 1.54) is 6.07 Å². The van der Waals surface area contributed by atoms with Crippen molar-refractivity contribution >= 4 is 23.1 Å². The number of alkyl halides is 1. The fourth-order valence-electron chi connectivity index (χ4n) is 1.23. The third-order valence-electron chi connectivity index (χ3n) is 1.85. The average Bonchev–Trinajstić information content (AvgIpc) is 2.16. The minimum Gasteiger partial charge on any atom is -0.293 e. The minimum absolute atomic E-state index is 0.104. The number of nitrogens with zero attached hydrogens (tertiary/aromatic N) is 1. The number of benzene rings is 1. The van der Waals surface area contributed by atoms with Gasteiger partial charge in [-0.15, -0.1) is 11.6 Å². The minimum atomic E-state index is -0.577. The number of nitro groups is 1. The van der Waals surface area contributed by atoms with E-state index in [-0.39, 0.29) is 17.1 Å². The molecule has 0 aliphatic carbocycles. The van der Waals surface area contributed by atoms with Crippen molar-refractivity contribution in [1.29, 1.82) is 0 Å². The summed E-state index contributed by atoms with van der Waals surface area (Å²) in [5.74, 6) is -0.664. The van der Waals surface area contributed by atoms with Crippen LogP contribution in [0.1, 0.15) is 15.9 Å². The van der Waals surface area contributed by atoms with Crippen molar-refractivity contribution in [2.75, 3.05) is 5.88 Å². The number of aryl methyl sites for hydroxylation is 1. The maximum atomic E-state index is 11.3. The van der Waals surface area contributed by atoms with E-state index in [0.29, 0.717) is 5.56 Å². The second kappa shape index (κ2) is 4.19. The smallest absolute Gasteiger partial charge is 0.280 e. The Morgan fingerprint density at radius 3 is 2.71 bits per heavy atom. The molecule has 1 rings (SSSR count). The van der Waals surface area contributed by atoms with Crippen LogP contribution in [0.3, 0.4) is 0 Å². The van der Waals surface area contributed by atoms with Gasteiger partial charge in [0, 0.05) is 6.07 Å². The lowest BCUT2D eigenvalue weighted by Crippen LogP contribution is -2.07. The van der Waals surface area contributed by atoms with Crippen molar-refractivity contribution in [3.8, 4) is 0 Å². The van der Waals surface area contributed by atoms with Gasteiger partial charge in [0.25, 0.3) is 5.69 Å². The highest BCUT2D eigenvalue weighted by atomic mass is 35.5. The standard InChI is InChI=1S/C9H8ClNO3/c1-6-3-2-4-7(11(13)14)9(6)8(12)5-10/h2-4H,5H2,1H3. The van der Waals surface area contributed by atoms with Crippen LogP contribution >= 0.6 is 11.6 Å². The van der Waals surface area contributed by atoms with Crippen LogP contribution in [0.5, 0.6) is 0 Å². The molecule has 4 nitrogen and oxygen atoms in total. The molecule has 0 aromatic heterocycles.